The van der Waals surface area contributed by atoms with Crippen molar-refractivity contribution in [2.75, 3.05) is 13.2 Å². The van der Waals surface area contributed by atoms with Gasteiger partial charge in [-0.1, -0.05) is 31.8 Å². The van der Waals surface area contributed by atoms with Gasteiger partial charge in [0, 0.05) is 32.9 Å². The SMILES string of the molecule is C[Si](C)(C)CCOCn1cc(-c2ccc(F)cc2)nc1C1(CC=CCCC(=O)c2ncco2)COC(=O)N1. The molecule has 11 heteroatoms. The molecule has 0 bridgehead atoms. The molecule has 1 N–H and O–H groups in total. The van der Waals surface area contributed by atoms with E-state index in [1.165, 1.54) is 24.6 Å². The predicted molar refractivity (Wildman–Crippen MR) is 142 cm³/mol. The lowest BCUT2D eigenvalue weighted by molar-refractivity contribution is 0.0805. The molecule has 3 heterocycles. The Kier molecular flexibility index (Phi) is 8.57. The number of alkyl carbamates (subject to hydrolysis) is 1. The second kappa shape index (κ2) is 11.9. The minimum atomic E-state index is -1.27. The van der Waals surface area contributed by atoms with Crippen molar-refractivity contribution in [2.45, 2.75) is 57.2 Å². The molecule has 0 spiro atoms. The van der Waals surface area contributed by atoms with Gasteiger partial charge in [0.2, 0.25) is 5.78 Å². The molecule has 0 saturated carbocycles. The van der Waals surface area contributed by atoms with Gasteiger partial charge in [0.1, 0.15) is 36.8 Å². The molecule has 3 aromatic rings. The first kappa shape index (κ1) is 27.5. The first-order chi connectivity index (χ1) is 18.2. The summed E-state index contributed by atoms with van der Waals surface area (Å²) in [5.41, 5.74) is 0.449. The van der Waals surface area contributed by atoms with Crippen molar-refractivity contribution in [3.63, 3.8) is 0 Å². The lowest BCUT2D eigenvalue weighted by Gasteiger charge is -2.25. The molecule has 202 valence electrons. The summed E-state index contributed by atoms with van der Waals surface area (Å²) >= 11 is 0. The van der Waals surface area contributed by atoms with Crippen LogP contribution >= 0.6 is 0 Å². The standard InChI is InChI=1S/C27H33FN4O5Si/c1-38(2,3)16-15-35-19-32-17-22(20-8-10-21(28)11-9-20)30-25(32)27(18-37-26(34)31-27)12-6-4-5-7-23(33)24-29-13-14-36-24/h4,6,8-11,13-14,17H,5,7,12,15-16,18-19H2,1-3H3,(H,31,34). The number of imidazole rings is 1. The van der Waals surface area contributed by atoms with Crippen LogP contribution in [0.4, 0.5) is 9.18 Å². The number of allylic oxidation sites excluding steroid dienone is 1. The number of halogens is 1. The van der Waals surface area contributed by atoms with Gasteiger partial charge in [-0.3, -0.25) is 4.79 Å². The van der Waals surface area contributed by atoms with Crippen LogP contribution in [-0.4, -0.2) is 47.7 Å². The van der Waals surface area contributed by atoms with Gasteiger partial charge < -0.3 is 23.8 Å². The summed E-state index contributed by atoms with van der Waals surface area (Å²) in [6, 6.07) is 7.12. The summed E-state index contributed by atoms with van der Waals surface area (Å²) in [5.74, 6) is 0.163. The van der Waals surface area contributed by atoms with Gasteiger partial charge in [-0.2, -0.15) is 0 Å². The first-order valence-electron chi connectivity index (χ1n) is 12.6. The van der Waals surface area contributed by atoms with Gasteiger partial charge in [-0.25, -0.2) is 19.2 Å². The minimum Gasteiger partial charge on any atom is -0.447 e. The molecule has 1 fully saturated rings. The summed E-state index contributed by atoms with van der Waals surface area (Å²) in [6.45, 7) is 7.82. The van der Waals surface area contributed by atoms with E-state index in [-0.39, 0.29) is 37.2 Å². The topological polar surface area (TPSA) is 108 Å². The van der Waals surface area contributed by atoms with Crippen molar-refractivity contribution >= 4 is 20.0 Å². The third-order valence-electron chi connectivity index (χ3n) is 6.20. The summed E-state index contributed by atoms with van der Waals surface area (Å²) < 4.78 is 31.8. The third-order valence-corrected chi connectivity index (χ3v) is 7.91. The first-order valence-corrected chi connectivity index (χ1v) is 16.3. The number of nitrogens with one attached hydrogen (secondary N) is 1. The maximum atomic E-state index is 13.5. The fraction of sp³-hybridized carbons (Fsp3) is 0.407. The highest BCUT2D eigenvalue weighted by Gasteiger charge is 2.44. The fourth-order valence-electron chi connectivity index (χ4n) is 4.06. The number of cyclic esters (lactones) is 1. The Balaban J connectivity index is 1.54. The zero-order chi connectivity index (χ0) is 27.2. The highest BCUT2D eigenvalue weighted by molar-refractivity contribution is 6.76. The van der Waals surface area contributed by atoms with E-state index in [1.807, 2.05) is 22.9 Å². The molecule has 1 unspecified atom stereocenters. The van der Waals surface area contributed by atoms with E-state index in [9.17, 15) is 14.0 Å². The predicted octanol–water partition coefficient (Wildman–Crippen LogP) is 5.53. The Labute approximate surface area is 222 Å². The Hall–Kier alpha value is -3.57. The van der Waals surface area contributed by atoms with Crippen LogP contribution < -0.4 is 5.32 Å². The van der Waals surface area contributed by atoms with Crippen LogP contribution in [0.1, 0.15) is 35.8 Å². The summed E-state index contributed by atoms with van der Waals surface area (Å²) in [5, 5.41) is 2.94. The maximum Gasteiger partial charge on any atom is 0.408 e. The molecule has 1 amide bonds. The van der Waals surface area contributed by atoms with Crippen molar-refractivity contribution in [3.8, 4) is 11.3 Å². The molecule has 0 aliphatic carbocycles. The largest absolute Gasteiger partial charge is 0.447 e. The average molecular weight is 541 g/mol. The zero-order valence-corrected chi connectivity index (χ0v) is 22.9. The lowest BCUT2D eigenvalue weighted by atomic mass is 9.95. The number of benzene rings is 1. The summed E-state index contributed by atoms with van der Waals surface area (Å²) in [4.78, 5) is 33.1. The van der Waals surface area contributed by atoms with Crippen LogP contribution in [0.3, 0.4) is 0 Å². The normalized spacial score (nSPS) is 17.6. The van der Waals surface area contributed by atoms with Crippen LogP contribution in [0.25, 0.3) is 11.3 Å². The smallest absolute Gasteiger partial charge is 0.408 e. The number of oxazole rings is 1. The molecule has 2 aromatic heterocycles. The number of carbonyl (C=O) groups excluding carboxylic acids is 2. The van der Waals surface area contributed by atoms with Crippen LogP contribution in [-0.2, 0) is 21.7 Å². The minimum absolute atomic E-state index is 0.0835. The Morgan fingerprint density at radius 1 is 1.26 bits per heavy atom. The molecule has 1 saturated heterocycles. The number of aromatic nitrogens is 3. The molecule has 4 rings (SSSR count). The number of nitrogens with zero attached hydrogens (tertiary/aromatic N) is 3. The van der Waals surface area contributed by atoms with Crippen molar-refractivity contribution in [1.82, 2.24) is 19.9 Å². The number of rotatable bonds is 13. The highest BCUT2D eigenvalue weighted by atomic mass is 28.3. The highest BCUT2D eigenvalue weighted by Crippen LogP contribution is 2.32. The number of carbonyl (C=O) groups is 2. The Morgan fingerprint density at radius 3 is 2.71 bits per heavy atom. The number of hydrogen-bond acceptors (Lipinski definition) is 7. The zero-order valence-electron chi connectivity index (χ0n) is 21.9. The Bertz CT molecular complexity index is 1270. The lowest BCUT2D eigenvalue weighted by Crippen LogP contribution is -2.42. The van der Waals surface area contributed by atoms with Crippen LogP contribution in [0.5, 0.6) is 0 Å². The van der Waals surface area contributed by atoms with E-state index < -0.39 is 19.7 Å². The molecule has 9 nitrogen and oxygen atoms in total. The second-order valence-electron chi connectivity index (χ2n) is 10.5. The van der Waals surface area contributed by atoms with Crippen molar-refractivity contribution in [1.29, 1.82) is 0 Å². The summed E-state index contributed by atoms with van der Waals surface area (Å²) in [7, 11) is -1.27. The van der Waals surface area contributed by atoms with Gasteiger partial charge >= 0.3 is 6.09 Å². The molecular formula is C27H33FN4O5Si. The Morgan fingerprint density at radius 2 is 2.05 bits per heavy atom. The van der Waals surface area contributed by atoms with Crippen LogP contribution in [0.15, 0.2) is 59.5 Å². The molecule has 38 heavy (non-hydrogen) atoms. The van der Waals surface area contributed by atoms with E-state index in [2.05, 4.69) is 29.9 Å². The number of amides is 1. The van der Waals surface area contributed by atoms with Crippen molar-refractivity contribution in [2.24, 2.45) is 0 Å². The van der Waals surface area contributed by atoms with Gasteiger partial charge in [-0.15, -0.1) is 0 Å². The molecule has 1 atom stereocenters. The van der Waals surface area contributed by atoms with E-state index >= 15 is 0 Å². The van der Waals surface area contributed by atoms with Crippen LogP contribution in [0.2, 0.25) is 25.7 Å². The summed E-state index contributed by atoms with van der Waals surface area (Å²) in [6.07, 6.45) is 9.03. The van der Waals surface area contributed by atoms with E-state index in [1.54, 1.807) is 12.1 Å². The van der Waals surface area contributed by atoms with E-state index in [4.69, 9.17) is 18.9 Å². The molecule has 1 aliphatic heterocycles. The average Bonchev–Trinajstić information content (AvgIpc) is 3.62. The molecule has 0 radical (unpaired) electrons. The van der Waals surface area contributed by atoms with E-state index in [0.29, 0.717) is 31.0 Å². The monoisotopic (exact) mass is 540 g/mol. The molecule has 1 aromatic carbocycles. The second-order valence-corrected chi connectivity index (χ2v) is 16.2. The number of Topliss-reactive ketones (excluding diaryl/α,β-unsaturated/α-hetero) is 1. The number of ether oxygens (including phenoxy) is 2. The van der Waals surface area contributed by atoms with Crippen LogP contribution in [0, 0.1) is 5.82 Å². The van der Waals surface area contributed by atoms with Gasteiger partial charge in [0.25, 0.3) is 5.89 Å². The molecule has 1 aliphatic rings. The van der Waals surface area contributed by atoms with Gasteiger partial charge in [0.15, 0.2) is 0 Å². The van der Waals surface area contributed by atoms with Gasteiger partial charge in [-0.05, 0) is 43.2 Å². The van der Waals surface area contributed by atoms with E-state index in [0.717, 1.165) is 11.6 Å². The third kappa shape index (κ3) is 7.04. The van der Waals surface area contributed by atoms with Crippen molar-refractivity contribution in [3.05, 3.63) is 72.6 Å². The van der Waals surface area contributed by atoms with Gasteiger partial charge in [0.05, 0.1) is 11.9 Å². The maximum absolute atomic E-state index is 13.5. The number of hydrogen-bond donors (Lipinski definition) is 1. The quantitative estimate of drug-likeness (QED) is 0.131. The van der Waals surface area contributed by atoms with Crippen molar-refractivity contribution < 1.29 is 27.9 Å². The fourth-order valence-corrected chi connectivity index (χ4v) is 4.82. The molecular weight excluding hydrogens is 507 g/mol. The number of ketones is 1.